The average molecular weight is 260 g/mol. The topological polar surface area (TPSA) is 58.1 Å². The van der Waals surface area contributed by atoms with Crippen LogP contribution in [0, 0.1) is 18.8 Å². The second-order valence-electron chi connectivity index (χ2n) is 5.59. The Kier molecular flexibility index (Phi) is 3.22. The van der Waals surface area contributed by atoms with Gasteiger partial charge in [-0.1, -0.05) is 6.92 Å². The van der Waals surface area contributed by atoms with Crippen LogP contribution < -0.4 is 5.32 Å². The molecule has 1 amide bonds. The van der Waals surface area contributed by atoms with Crippen LogP contribution in [-0.2, 0) is 6.42 Å². The highest BCUT2D eigenvalue weighted by Gasteiger charge is 2.38. The third-order valence-electron chi connectivity index (χ3n) is 4.23. The fourth-order valence-corrected chi connectivity index (χ4v) is 3.15. The van der Waals surface area contributed by atoms with E-state index >= 15 is 0 Å². The van der Waals surface area contributed by atoms with E-state index in [1.54, 1.807) is 0 Å². The molecule has 5 nitrogen and oxygen atoms in total. The number of aryl methyl sites for hydroxylation is 2. The second kappa shape index (κ2) is 4.89. The fraction of sp³-hybridized carbons (Fsp3) is 0.643. The van der Waals surface area contributed by atoms with E-state index in [2.05, 4.69) is 15.5 Å². The van der Waals surface area contributed by atoms with Crippen molar-refractivity contribution in [3.63, 3.8) is 0 Å². The Morgan fingerprint density at radius 3 is 2.68 bits per heavy atom. The van der Waals surface area contributed by atoms with Gasteiger partial charge in [-0.25, -0.2) is 0 Å². The van der Waals surface area contributed by atoms with Crippen LogP contribution in [0.5, 0.6) is 0 Å². The van der Waals surface area contributed by atoms with Crippen molar-refractivity contribution in [2.75, 3.05) is 26.2 Å². The van der Waals surface area contributed by atoms with Crippen molar-refractivity contribution in [2.45, 2.75) is 20.3 Å². The number of hydrogen-bond donors (Lipinski definition) is 1. The fourth-order valence-electron chi connectivity index (χ4n) is 3.15. The Labute approximate surface area is 113 Å². The van der Waals surface area contributed by atoms with Gasteiger partial charge in [0.25, 0.3) is 5.91 Å². The number of carbonyl (C=O) groups excluding carboxylic acids is 1. The molecule has 5 heteroatoms. The maximum Gasteiger partial charge on any atom is 0.255 e. The van der Waals surface area contributed by atoms with Crippen LogP contribution in [-0.4, -0.2) is 47.2 Å². The Morgan fingerprint density at radius 1 is 1.37 bits per heavy atom. The van der Waals surface area contributed by atoms with Crippen LogP contribution >= 0.6 is 0 Å². The molecule has 2 atom stereocenters. The van der Waals surface area contributed by atoms with Crippen molar-refractivity contribution in [1.29, 1.82) is 0 Å². The molecule has 0 radical (unpaired) electrons. The molecule has 19 heavy (non-hydrogen) atoms. The summed E-state index contributed by atoms with van der Waals surface area (Å²) in [6.45, 7) is 7.73. The van der Waals surface area contributed by atoms with Crippen molar-refractivity contribution < 1.29 is 4.79 Å². The van der Waals surface area contributed by atoms with Gasteiger partial charge >= 0.3 is 0 Å². The van der Waals surface area contributed by atoms with Crippen LogP contribution in [0.25, 0.3) is 0 Å². The summed E-state index contributed by atoms with van der Waals surface area (Å²) >= 11 is 0. The minimum absolute atomic E-state index is 0.129. The number of nitrogens with zero attached hydrogens (tertiary/aromatic N) is 3. The zero-order chi connectivity index (χ0) is 13.4. The lowest BCUT2D eigenvalue weighted by Crippen LogP contribution is -2.32. The Morgan fingerprint density at radius 2 is 2.05 bits per heavy atom. The first-order chi connectivity index (χ1) is 9.19. The summed E-state index contributed by atoms with van der Waals surface area (Å²) in [6, 6.07) is 1.88. The van der Waals surface area contributed by atoms with Crippen LogP contribution in [0.3, 0.4) is 0 Å². The van der Waals surface area contributed by atoms with E-state index in [-0.39, 0.29) is 5.91 Å². The minimum Gasteiger partial charge on any atom is -0.338 e. The monoisotopic (exact) mass is 260 g/mol. The number of nitrogens with one attached hydrogen (secondary N) is 1. The van der Waals surface area contributed by atoms with Crippen LogP contribution in [0.15, 0.2) is 6.07 Å². The number of hydrogen-bond acceptors (Lipinski definition) is 4. The van der Waals surface area contributed by atoms with E-state index in [4.69, 9.17) is 0 Å². The van der Waals surface area contributed by atoms with Gasteiger partial charge < -0.3 is 10.2 Å². The molecule has 0 aromatic carbocycles. The van der Waals surface area contributed by atoms with E-state index in [1.165, 1.54) is 0 Å². The number of rotatable bonds is 2. The van der Waals surface area contributed by atoms with Crippen molar-refractivity contribution in [2.24, 2.45) is 11.8 Å². The van der Waals surface area contributed by atoms with Crippen molar-refractivity contribution >= 4 is 5.91 Å². The molecule has 0 spiro atoms. The predicted molar refractivity (Wildman–Crippen MR) is 71.9 cm³/mol. The zero-order valence-electron chi connectivity index (χ0n) is 11.5. The van der Waals surface area contributed by atoms with E-state index in [0.717, 1.165) is 49.6 Å². The molecule has 0 bridgehead atoms. The largest absolute Gasteiger partial charge is 0.338 e. The van der Waals surface area contributed by atoms with Gasteiger partial charge in [-0.3, -0.25) is 4.79 Å². The molecule has 3 heterocycles. The Bertz CT molecular complexity index is 490. The summed E-state index contributed by atoms with van der Waals surface area (Å²) in [7, 11) is 0. The minimum atomic E-state index is 0.129. The number of amides is 1. The van der Waals surface area contributed by atoms with Gasteiger partial charge in [0.05, 0.1) is 17.0 Å². The molecule has 1 N–H and O–H groups in total. The molecule has 2 aliphatic heterocycles. The summed E-state index contributed by atoms with van der Waals surface area (Å²) in [4.78, 5) is 14.6. The third-order valence-corrected chi connectivity index (χ3v) is 4.23. The highest BCUT2D eigenvalue weighted by atomic mass is 16.2. The quantitative estimate of drug-likeness (QED) is 0.848. The second-order valence-corrected chi connectivity index (χ2v) is 5.59. The molecule has 2 aliphatic rings. The van der Waals surface area contributed by atoms with Gasteiger partial charge in [-0.2, -0.15) is 10.2 Å². The average Bonchev–Trinajstić information content (AvgIpc) is 2.98. The van der Waals surface area contributed by atoms with E-state index < -0.39 is 0 Å². The lowest BCUT2D eigenvalue weighted by atomic mass is 10.0. The van der Waals surface area contributed by atoms with Gasteiger partial charge in [0, 0.05) is 26.2 Å². The van der Waals surface area contributed by atoms with E-state index in [9.17, 15) is 4.79 Å². The van der Waals surface area contributed by atoms with Gasteiger partial charge in [-0.05, 0) is 31.2 Å². The number of likely N-dealkylation sites (tertiary alicyclic amines) is 1. The molecule has 1 aromatic rings. The zero-order valence-corrected chi connectivity index (χ0v) is 11.5. The van der Waals surface area contributed by atoms with Gasteiger partial charge in [0.15, 0.2) is 0 Å². The molecule has 2 unspecified atom stereocenters. The molecule has 1 aromatic heterocycles. The highest BCUT2D eigenvalue weighted by Crippen LogP contribution is 2.27. The maximum absolute atomic E-state index is 12.6. The Balaban J connectivity index is 1.82. The summed E-state index contributed by atoms with van der Waals surface area (Å²) in [5, 5.41) is 11.6. The third kappa shape index (κ3) is 2.23. The smallest absolute Gasteiger partial charge is 0.255 e. The van der Waals surface area contributed by atoms with Gasteiger partial charge in [0.2, 0.25) is 0 Å². The standard InChI is InChI=1S/C14H20N4O/c1-3-13-12(4-9(2)16-17-13)14(19)18-7-10-5-15-6-11(10)8-18/h4,10-11,15H,3,5-8H2,1-2H3. The van der Waals surface area contributed by atoms with Gasteiger partial charge in [0.1, 0.15) is 0 Å². The summed E-state index contributed by atoms with van der Waals surface area (Å²) < 4.78 is 0. The summed E-state index contributed by atoms with van der Waals surface area (Å²) in [5.41, 5.74) is 2.36. The first-order valence-corrected chi connectivity index (χ1v) is 7.02. The molecular weight excluding hydrogens is 240 g/mol. The molecule has 102 valence electrons. The lowest BCUT2D eigenvalue weighted by molar-refractivity contribution is 0.0779. The van der Waals surface area contributed by atoms with E-state index in [1.807, 2.05) is 24.8 Å². The van der Waals surface area contributed by atoms with Crippen LogP contribution in [0.2, 0.25) is 0 Å². The Hall–Kier alpha value is -1.49. The van der Waals surface area contributed by atoms with Crippen LogP contribution in [0.4, 0.5) is 0 Å². The summed E-state index contributed by atoms with van der Waals surface area (Å²) in [5.74, 6) is 1.39. The lowest BCUT2D eigenvalue weighted by Gasteiger charge is -2.18. The molecule has 3 rings (SSSR count). The van der Waals surface area contributed by atoms with Crippen molar-refractivity contribution in [1.82, 2.24) is 20.4 Å². The SMILES string of the molecule is CCc1nnc(C)cc1C(=O)N1CC2CNCC2C1. The number of carbonyl (C=O) groups is 1. The van der Waals surface area contributed by atoms with Gasteiger partial charge in [-0.15, -0.1) is 0 Å². The number of aromatic nitrogens is 2. The maximum atomic E-state index is 12.6. The molecule has 2 fully saturated rings. The molecular formula is C14H20N4O. The predicted octanol–water partition coefficient (Wildman–Crippen LogP) is 0.639. The number of fused-ring (bicyclic) bond motifs is 1. The first kappa shape index (κ1) is 12.5. The van der Waals surface area contributed by atoms with Crippen molar-refractivity contribution in [3.8, 4) is 0 Å². The normalized spacial score (nSPS) is 25.7. The van der Waals surface area contributed by atoms with Crippen LogP contribution in [0.1, 0.15) is 28.7 Å². The molecule has 0 saturated carbocycles. The van der Waals surface area contributed by atoms with E-state index in [0.29, 0.717) is 11.8 Å². The molecule has 0 aliphatic carbocycles. The first-order valence-electron chi connectivity index (χ1n) is 7.02. The van der Waals surface area contributed by atoms with Crippen molar-refractivity contribution in [3.05, 3.63) is 23.0 Å². The highest BCUT2D eigenvalue weighted by molar-refractivity contribution is 5.95. The summed E-state index contributed by atoms with van der Waals surface area (Å²) in [6.07, 6.45) is 0.747. The molecule has 2 saturated heterocycles.